The van der Waals surface area contributed by atoms with Gasteiger partial charge in [-0.1, -0.05) is 20.3 Å². The van der Waals surface area contributed by atoms with Crippen molar-refractivity contribution in [3.63, 3.8) is 0 Å². The van der Waals surface area contributed by atoms with Crippen LogP contribution in [0.25, 0.3) is 0 Å². The van der Waals surface area contributed by atoms with E-state index in [0.717, 1.165) is 38.2 Å². The number of nitrogens with zero attached hydrogens (tertiary/aromatic N) is 1. The number of nitrogens with two attached hydrogens (primary N) is 1. The summed E-state index contributed by atoms with van der Waals surface area (Å²) in [5, 5.41) is 0. The van der Waals surface area contributed by atoms with Crippen molar-refractivity contribution in [2.24, 2.45) is 5.73 Å². The Morgan fingerprint density at radius 3 is 2.40 bits per heavy atom. The highest BCUT2D eigenvalue weighted by atomic mass is 16.5. The Morgan fingerprint density at radius 1 is 1.15 bits per heavy atom. The SMILES string of the molecule is CCCCOc1ccc(C(=O)N(CCC)CCN)cc1. The Bertz CT molecular complexity index is 384. The minimum atomic E-state index is 0.0393. The molecule has 4 nitrogen and oxygen atoms in total. The van der Waals surface area contributed by atoms with E-state index in [1.54, 1.807) is 4.90 Å². The lowest BCUT2D eigenvalue weighted by molar-refractivity contribution is 0.0760. The molecule has 2 N–H and O–H groups in total. The molecule has 0 bridgehead atoms. The predicted octanol–water partition coefficient (Wildman–Crippen LogP) is 2.68. The first-order chi connectivity index (χ1) is 9.72. The number of carbonyl (C=O) groups excluding carboxylic acids is 1. The molecule has 20 heavy (non-hydrogen) atoms. The average molecular weight is 278 g/mol. The summed E-state index contributed by atoms with van der Waals surface area (Å²) in [7, 11) is 0. The highest BCUT2D eigenvalue weighted by molar-refractivity contribution is 5.94. The molecule has 0 heterocycles. The van der Waals surface area contributed by atoms with E-state index < -0.39 is 0 Å². The molecular formula is C16H26N2O2. The summed E-state index contributed by atoms with van der Waals surface area (Å²) in [6.07, 6.45) is 3.09. The van der Waals surface area contributed by atoms with Crippen molar-refractivity contribution >= 4 is 5.91 Å². The molecule has 0 aliphatic heterocycles. The molecule has 0 atom stereocenters. The summed E-state index contributed by atoms with van der Waals surface area (Å²) < 4.78 is 5.59. The third-order valence-corrected chi connectivity index (χ3v) is 3.05. The van der Waals surface area contributed by atoms with Gasteiger partial charge in [0.25, 0.3) is 5.91 Å². The Hall–Kier alpha value is -1.55. The molecule has 1 aromatic carbocycles. The predicted molar refractivity (Wildman–Crippen MR) is 82.1 cm³/mol. The smallest absolute Gasteiger partial charge is 0.253 e. The molecule has 0 aliphatic carbocycles. The molecule has 0 aliphatic rings. The lowest BCUT2D eigenvalue weighted by Gasteiger charge is -2.21. The molecule has 0 saturated carbocycles. The van der Waals surface area contributed by atoms with E-state index in [-0.39, 0.29) is 5.91 Å². The Kier molecular flexibility index (Phi) is 7.73. The number of ether oxygens (including phenoxy) is 1. The van der Waals surface area contributed by atoms with Crippen molar-refractivity contribution in [1.29, 1.82) is 0 Å². The van der Waals surface area contributed by atoms with Crippen molar-refractivity contribution in [2.75, 3.05) is 26.2 Å². The van der Waals surface area contributed by atoms with Gasteiger partial charge in [0.2, 0.25) is 0 Å². The van der Waals surface area contributed by atoms with Crippen LogP contribution in [-0.2, 0) is 0 Å². The first-order valence-electron chi connectivity index (χ1n) is 7.45. The Morgan fingerprint density at radius 2 is 1.85 bits per heavy atom. The van der Waals surface area contributed by atoms with Crippen LogP contribution < -0.4 is 10.5 Å². The van der Waals surface area contributed by atoms with E-state index in [1.807, 2.05) is 24.3 Å². The fraction of sp³-hybridized carbons (Fsp3) is 0.562. The van der Waals surface area contributed by atoms with Crippen molar-refractivity contribution < 1.29 is 9.53 Å². The number of carbonyl (C=O) groups is 1. The fourth-order valence-corrected chi connectivity index (χ4v) is 1.95. The molecule has 1 aromatic rings. The Labute approximate surface area is 121 Å². The van der Waals surface area contributed by atoms with Gasteiger partial charge in [-0.05, 0) is 37.1 Å². The molecule has 4 heteroatoms. The third kappa shape index (κ3) is 5.21. The van der Waals surface area contributed by atoms with Gasteiger partial charge >= 0.3 is 0 Å². The van der Waals surface area contributed by atoms with Crippen molar-refractivity contribution in [3.8, 4) is 5.75 Å². The monoisotopic (exact) mass is 278 g/mol. The highest BCUT2D eigenvalue weighted by Gasteiger charge is 2.13. The highest BCUT2D eigenvalue weighted by Crippen LogP contribution is 2.14. The number of rotatable bonds is 9. The summed E-state index contributed by atoms with van der Waals surface area (Å²) >= 11 is 0. The summed E-state index contributed by atoms with van der Waals surface area (Å²) in [5.41, 5.74) is 6.24. The quantitative estimate of drug-likeness (QED) is 0.707. The molecule has 0 unspecified atom stereocenters. The maximum Gasteiger partial charge on any atom is 0.253 e. The minimum Gasteiger partial charge on any atom is -0.494 e. The number of unbranched alkanes of at least 4 members (excludes halogenated alkanes) is 1. The molecular weight excluding hydrogens is 252 g/mol. The molecule has 0 radical (unpaired) electrons. The van der Waals surface area contributed by atoms with Gasteiger partial charge < -0.3 is 15.4 Å². The standard InChI is InChI=1S/C16H26N2O2/c1-3-5-13-20-15-8-6-14(7-9-15)16(19)18(11-4-2)12-10-17/h6-9H,3-5,10-13,17H2,1-2H3. The van der Waals surface area contributed by atoms with Gasteiger partial charge in [-0.25, -0.2) is 0 Å². The Balaban J connectivity index is 2.63. The van der Waals surface area contributed by atoms with Crippen LogP contribution in [-0.4, -0.2) is 37.0 Å². The van der Waals surface area contributed by atoms with Crippen molar-refractivity contribution in [3.05, 3.63) is 29.8 Å². The zero-order valence-corrected chi connectivity index (χ0v) is 12.6. The average Bonchev–Trinajstić information content (AvgIpc) is 2.47. The topological polar surface area (TPSA) is 55.6 Å². The summed E-state index contributed by atoms with van der Waals surface area (Å²) in [6, 6.07) is 7.36. The van der Waals surface area contributed by atoms with E-state index in [0.29, 0.717) is 18.7 Å². The second-order valence-electron chi connectivity index (χ2n) is 4.81. The maximum atomic E-state index is 12.3. The first-order valence-corrected chi connectivity index (χ1v) is 7.45. The zero-order chi connectivity index (χ0) is 14.8. The van der Waals surface area contributed by atoms with Gasteiger partial charge in [0, 0.05) is 25.2 Å². The van der Waals surface area contributed by atoms with Gasteiger partial charge in [-0.3, -0.25) is 4.79 Å². The summed E-state index contributed by atoms with van der Waals surface area (Å²) in [5.74, 6) is 0.855. The van der Waals surface area contributed by atoms with Gasteiger partial charge in [-0.15, -0.1) is 0 Å². The maximum absolute atomic E-state index is 12.3. The van der Waals surface area contributed by atoms with E-state index in [4.69, 9.17) is 10.5 Å². The summed E-state index contributed by atoms with van der Waals surface area (Å²) in [4.78, 5) is 14.1. The molecule has 1 rings (SSSR count). The van der Waals surface area contributed by atoms with Gasteiger partial charge in [-0.2, -0.15) is 0 Å². The lowest BCUT2D eigenvalue weighted by Crippen LogP contribution is -2.35. The fourth-order valence-electron chi connectivity index (χ4n) is 1.95. The second kappa shape index (κ2) is 9.37. The molecule has 0 aromatic heterocycles. The second-order valence-corrected chi connectivity index (χ2v) is 4.81. The largest absolute Gasteiger partial charge is 0.494 e. The third-order valence-electron chi connectivity index (χ3n) is 3.05. The van der Waals surface area contributed by atoms with E-state index >= 15 is 0 Å². The number of hydrogen-bond acceptors (Lipinski definition) is 3. The van der Waals surface area contributed by atoms with E-state index in [1.165, 1.54) is 0 Å². The molecule has 0 spiro atoms. The zero-order valence-electron chi connectivity index (χ0n) is 12.6. The van der Waals surface area contributed by atoms with Crippen LogP contribution in [0.15, 0.2) is 24.3 Å². The normalized spacial score (nSPS) is 10.3. The van der Waals surface area contributed by atoms with Gasteiger partial charge in [0.15, 0.2) is 0 Å². The molecule has 1 amide bonds. The minimum absolute atomic E-state index is 0.0393. The van der Waals surface area contributed by atoms with Crippen LogP contribution in [0.4, 0.5) is 0 Å². The summed E-state index contributed by atoms with van der Waals surface area (Å²) in [6.45, 7) is 6.74. The molecule has 0 fully saturated rings. The number of amides is 1. The van der Waals surface area contributed by atoms with Crippen molar-refractivity contribution in [1.82, 2.24) is 4.90 Å². The van der Waals surface area contributed by atoms with Gasteiger partial charge in [0.1, 0.15) is 5.75 Å². The van der Waals surface area contributed by atoms with Crippen LogP contribution in [0, 0.1) is 0 Å². The van der Waals surface area contributed by atoms with Crippen LogP contribution in [0.1, 0.15) is 43.5 Å². The molecule has 112 valence electrons. The van der Waals surface area contributed by atoms with Crippen LogP contribution in [0.5, 0.6) is 5.75 Å². The lowest BCUT2D eigenvalue weighted by atomic mass is 10.2. The van der Waals surface area contributed by atoms with E-state index in [9.17, 15) is 4.79 Å². The van der Waals surface area contributed by atoms with E-state index in [2.05, 4.69) is 13.8 Å². The first kappa shape index (κ1) is 16.5. The molecule has 0 saturated heterocycles. The number of hydrogen-bond donors (Lipinski definition) is 1. The van der Waals surface area contributed by atoms with Crippen LogP contribution >= 0.6 is 0 Å². The van der Waals surface area contributed by atoms with Crippen LogP contribution in [0.3, 0.4) is 0 Å². The van der Waals surface area contributed by atoms with Crippen molar-refractivity contribution in [2.45, 2.75) is 33.1 Å². The van der Waals surface area contributed by atoms with Gasteiger partial charge in [0.05, 0.1) is 6.61 Å². The van der Waals surface area contributed by atoms with Crippen LogP contribution in [0.2, 0.25) is 0 Å². The number of benzene rings is 1.